The topological polar surface area (TPSA) is 7.76 Å². The molecule has 2 aliphatic rings. The summed E-state index contributed by atoms with van der Waals surface area (Å²) in [4.78, 5) is 0. The Hall–Kier alpha value is -4.82. The van der Waals surface area contributed by atoms with Crippen molar-refractivity contribution < 1.29 is 9.13 Å². The number of hydrogen-bond acceptors (Lipinski definition) is 0. The summed E-state index contributed by atoms with van der Waals surface area (Å²) >= 11 is 0. The molecule has 2 aromatic heterocycles. The molecule has 2 aliphatic heterocycles. The molecule has 0 spiro atoms. The third kappa shape index (κ3) is 4.57. The van der Waals surface area contributed by atoms with Crippen molar-refractivity contribution in [1.29, 1.82) is 0 Å². The maximum atomic E-state index is 5.05. The minimum Gasteiger partial charge on any atom is -0.187 e. The van der Waals surface area contributed by atoms with Crippen LogP contribution in [0.3, 0.4) is 0 Å². The third-order valence-corrected chi connectivity index (χ3v) is 14.7. The van der Waals surface area contributed by atoms with Gasteiger partial charge in [-0.05, 0) is 104 Å². The largest absolute Gasteiger partial charge is 0.221 e. The Morgan fingerprint density at radius 2 is 1.34 bits per heavy atom. The van der Waals surface area contributed by atoms with Crippen LogP contribution in [0.2, 0.25) is 0 Å². The number of allylic oxidation sites excluding steroid dienone is 2. The van der Waals surface area contributed by atoms with Crippen LogP contribution in [-0.2, 0) is 16.5 Å². The van der Waals surface area contributed by atoms with Crippen molar-refractivity contribution in [2.24, 2.45) is 11.8 Å². The molecule has 0 amide bonds. The van der Waals surface area contributed by atoms with Gasteiger partial charge in [0, 0.05) is 46.2 Å². The van der Waals surface area contributed by atoms with Gasteiger partial charge in [-0.3, -0.25) is 0 Å². The fourth-order valence-corrected chi connectivity index (χ4v) is 11.0. The van der Waals surface area contributed by atoms with Gasteiger partial charge in [0.25, 0.3) is 0 Å². The smallest absolute Gasteiger partial charge is 0.187 e. The lowest BCUT2D eigenvalue weighted by Gasteiger charge is -2.53. The zero-order valence-electron chi connectivity index (χ0n) is 33.9. The Bertz CT molecular complexity index is 2450. The SMILES string of the molecule is C=CC1(C(C)C(C)C2(CC)C(=C)c3ccccc3-c3c(C)c(C)c(-c4ccccc4)c[n+]32)[n+]2ccc(=C)c(=C)c2-c2c(cc(C)c(C)c2C)C1(C)CC. The molecule has 3 aromatic carbocycles. The predicted molar refractivity (Wildman–Crippen MR) is 225 cm³/mol. The molecule has 0 N–H and O–H groups in total. The minimum atomic E-state index is -0.514. The van der Waals surface area contributed by atoms with E-state index in [9.17, 15) is 0 Å². The first-order valence-electron chi connectivity index (χ1n) is 19.6. The molecule has 5 unspecified atom stereocenters. The van der Waals surface area contributed by atoms with E-state index in [1.165, 1.54) is 78.2 Å². The molecule has 0 radical (unpaired) electrons. The highest BCUT2D eigenvalue weighted by atomic mass is 15.1. The first-order valence-corrected chi connectivity index (χ1v) is 19.6. The van der Waals surface area contributed by atoms with Gasteiger partial charge < -0.3 is 0 Å². The van der Waals surface area contributed by atoms with Crippen LogP contribution in [0.5, 0.6) is 0 Å². The molecule has 0 bridgehead atoms. The second kappa shape index (κ2) is 12.7. The third-order valence-electron chi connectivity index (χ3n) is 14.7. The summed E-state index contributed by atoms with van der Waals surface area (Å²) in [5.41, 5.74) is 16.8. The van der Waals surface area contributed by atoms with Crippen molar-refractivity contribution in [3.05, 3.63) is 148 Å². The maximum Gasteiger partial charge on any atom is 0.221 e. The van der Waals surface area contributed by atoms with Gasteiger partial charge in [-0.2, -0.15) is 9.13 Å². The molecule has 53 heavy (non-hydrogen) atoms. The highest BCUT2D eigenvalue weighted by Gasteiger charge is 2.67. The van der Waals surface area contributed by atoms with Gasteiger partial charge >= 0.3 is 0 Å². The first kappa shape index (κ1) is 36.5. The maximum absolute atomic E-state index is 5.05. The molecule has 5 aromatic rings. The summed E-state index contributed by atoms with van der Waals surface area (Å²) in [6.07, 6.45) is 8.87. The quantitative estimate of drug-likeness (QED) is 0.118. The van der Waals surface area contributed by atoms with Crippen molar-refractivity contribution >= 4 is 18.7 Å². The van der Waals surface area contributed by atoms with E-state index in [1.54, 1.807) is 0 Å². The molecular weight excluding hydrogens is 641 g/mol. The molecule has 0 aliphatic carbocycles. The minimum absolute atomic E-state index is 0.0999. The lowest BCUT2D eigenvalue weighted by molar-refractivity contribution is -0.777. The van der Waals surface area contributed by atoms with Gasteiger partial charge in [-0.25, -0.2) is 0 Å². The molecule has 5 atom stereocenters. The van der Waals surface area contributed by atoms with Gasteiger partial charge in [0.1, 0.15) is 0 Å². The average Bonchev–Trinajstić information content (AvgIpc) is 3.17. The standard InChI is InChI=1S/C51H58N2/c1-15-49(14)45-29-32(5)33(6)36(9)46(45)48-34(7)31(4)27-28-52(48)51(49,17-3)39(12)38(11)50(16-2)40(13)42-25-21-22-26-43(42)47-37(10)35(8)44(30-53(47)50)41-23-19-18-20-24-41/h17-30,38-39H,3-4,7,13,15-16H2,1-2,5-6,8-12,14H3/q+2. The van der Waals surface area contributed by atoms with Crippen LogP contribution in [0.25, 0.3) is 52.4 Å². The van der Waals surface area contributed by atoms with Crippen LogP contribution < -0.4 is 19.6 Å². The van der Waals surface area contributed by atoms with Crippen LogP contribution in [0.15, 0.2) is 98.4 Å². The number of fused-ring (bicyclic) bond motifs is 6. The van der Waals surface area contributed by atoms with Crippen molar-refractivity contribution in [1.82, 2.24) is 0 Å². The molecular formula is C51H58N2+2. The lowest BCUT2D eigenvalue weighted by atomic mass is 9.51. The zero-order valence-corrected chi connectivity index (χ0v) is 33.9. The summed E-state index contributed by atoms with van der Waals surface area (Å²) in [7, 11) is 0. The molecule has 2 nitrogen and oxygen atoms in total. The van der Waals surface area contributed by atoms with Gasteiger partial charge in [0.15, 0.2) is 23.5 Å². The molecule has 2 heteroatoms. The summed E-state index contributed by atoms with van der Waals surface area (Å²) in [6, 6.07) is 24.4. The van der Waals surface area contributed by atoms with E-state index in [-0.39, 0.29) is 17.3 Å². The van der Waals surface area contributed by atoms with Crippen LogP contribution in [0.4, 0.5) is 0 Å². The fraction of sp³-hybridized carbons (Fsp3) is 0.333. The van der Waals surface area contributed by atoms with Crippen molar-refractivity contribution in [2.45, 2.75) is 98.6 Å². The second-order valence-corrected chi connectivity index (χ2v) is 16.4. The number of hydrogen-bond donors (Lipinski definition) is 0. The van der Waals surface area contributed by atoms with E-state index in [0.29, 0.717) is 0 Å². The normalized spacial score (nSPS) is 22.6. The summed E-state index contributed by atoms with van der Waals surface area (Å²) in [6.45, 7) is 42.6. The van der Waals surface area contributed by atoms with Crippen molar-refractivity contribution in [3.63, 3.8) is 0 Å². The van der Waals surface area contributed by atoms with E-state index < -0.39 is 11.1 Å². The lowest BCUT2D eigenvalue weighted by Crippen LogP contribution is -2.75. The van der Waals surface area contributed by atoms with E-state index >= 15 is 0 Å². The Morgan fingerprint density at radius 1 is 0.698 bits per heavy atom. The van der Waals surface area contributed by atoms with Gasteiger partial charge in [-0.1, -0.05) is 109 Å². The van der Waals surface area contributed by atoms with E-state index in [4.69, 9.17) is 19.7 Å². The van der Waals surface area contributed by atoms with Crippen LogP contribution >= 0.6 is 0 Å². The summed E-state index contributed by atoms with van der Waals surface area (Å²) < 4.78 is 5.21. The molecule has 4 heterocycles. The van der Waals surface area contributed by atoms with Crippen LogP contribution in [0, 0.1) is 46.5 Å². The average molecular weight is 699 g/mol. The number of aryl methyl sites for hydroxylation is 1. The molecule has 7 rings (SSSR count). The second-order valence-electron chi connectivity index (χ2n) is 16.4. The number of aromatic nitrogens is 2. The molecule has 270 valence electrons. The molecule has 0 saturated heterocycles. The van der Waals surface area contributed by atoms with E-state index in [2.05, 4.69) is 170 Å². The number of pyridine rings is 2. The monoisotopic (exact) mass is 698 g/mol. The van der Waals surface area contributed by atoms with Crippen LogP contribution in [0.1, 0.15) is 86.4 Å². The highest BCUT2D eigenvalue weighted by Crippen LogP contribution is 2.58. The van der Waals surface area contributed by atoms with Crippen LogP contribution in [-0.4, -0.2) is 0 Å². The van der Waals surface area contributed by atoms with Crippen molar-refractivity contribution in [3.8, 4) is 33.6 Å². The summed E-state index contributed by atoms with van der Waals surface area (Å²) in [5.74, 6) is 0.219. The van der Waals surface area contributed by atoms with Gasteiger partial charge in [-0.15, -0.1) is 0 Å². The Labute approximate surface area is 318 Å². The summed E-state index contributed by atoms with van der Waals surface area (Å²) in [5, 5.41) is 1.95. The Balaban J connectivity index is 1.58. The zero-order chi connectivity index (χ0) is 38.4. The van der Waals surface area contributed by atoms with Crippen molar-refractivity contribution in [2.75, 3.05) is 0 Å². The Morgan fingerprint density at radius 3 is 1.96 bits per heavy atom. The number of rotatable bonds is 7. The number of benzene rings is 3. The molecule has 0 saturated carbocycles. The first-order chi connectivity index (χ1) is 25.2. The number of nitrogens with zero attached hydrogens (tertiary/aromatic N) is 2. The highest BCUT2D eigenvalue weighted by molar-refractivity contribution is 5.85. The van der Waals surface area contributed by atoms with Gasteiger partial charge in [0.05, 0.1) is 16.5 Å². The fourth-order valence-electron chi connectivity index (χ4n) is 11.0. The Kier molecular flexibility index (Phi) is 8.72. The molecule has 0 fully saturated rings. The van der Waals surface area contributed by atoms with E-state index in [1.807, 2.05) is 0 Å². The van der Waals surface area contributed by atoms with E-state index in [0.717, 1.165) is 23.3 Å². The predicted octanol–water partition coefficient (Wildman–Crippen LogP) is 10.3. The van der Waals surface area contributed by atoms with Gasteiger partial charge in [0.2, 0.25) is 11.4 Å².